The van der Waals surface area contributed by atoms with Crippen LogP contribution in [0, 0.1) is 0 Å². The van der Waals surface area contributed by atoms with Crippen molar-refractivity contribution in [3.05, 3.63) is 0 Å². The Kier molecular flexibility index (Phi) is 95.9. The van der Waals surface area contributed by atoms with Gasteiger partial charge in [0, 0.05) is 1.43 Å². The zero-order valence-electron chi connectivity index (χ0n) is 0. The first-order chi connectivity index (χ1) is 0. The van der Waals surface area contributed by atoms with Crippen molar-refractivity contribution in [3.8, 4) is 0 Å². The summed E-state index contributed by atoms with van der Waals surface area (Å²) in [5.74, 6) is 0. The van der Waals surface area contributed by atoms with E-state index in [1.165, 1.54) is 0 Å². The van der Waals surface area contributed by atoms with Crippen molar-refractivity contribution < 1.29 is 1.43 Å². The van der Waals surface area contributed by atoms with Crippen LogP contribution in [0.3, 0.4) is 0 Å². The molecule has 0 aliphatic heterocycles. The summed E-state index contributed by atoms with van der Waals surface area (Å²) in [6.07, 6.45) is 0. The first-order valence-corrected chi connectivity index (χ1v) is 0. The van der Waals surface area contributed by atoms with Gasteiger partial charge < -0.3 is 0 Å². The van der Waals surface area contributed by atoms with Crippen molar-refractivity contribution >= 4 is 122 Å². The first kappa shape index (κ1) is 24.4. The van der Waals surface area contributed by atoms with Gasteiger partial charge in [-0.1, -0.05) is 0 Å². The van der Waals surface area contributed by atoms with Crippen LogP contribution in [0.5, 0.6) is 0 Å². The zero-order valence-corrected chi connectivity index (χ0v) is 0. The summed E-state index contributed by atoms with van der Waals surface area (Å²) in [5, 5.41) is 0. The maximum atomic E-state index is 0. The van der Waals surface area contributed by atoms with E-state index in [0.717, 1.165) is 0 Å². The van der Waals surface area contributed by atoms with Gasteiger partial charge in [0.05, 0.1) is 0 Å². The van der Waals surface area contributed by atoms with Crippen molar-refractivity contribution in [1.82, 2.24) is 0 Å². The molecule has 0 saturated carbocycles. The Hall–Kier alpha value is 4.05. The van der Waals surface area contributed by atoms with E-state index in [2.05, 4.69) is 0 Å². The minimum absolute atomic E-state index is 0. The molecule has 0 atom stereocenters. The van der Waals surface area contributed by atoms with Gasteiger partial charge in [-0.3, -0.25) is 0 Å². The molecule has 0 radical (unpaired) electrons. The van der Waals surface area contributed by atoms with Crippen molar-refractivity contribution in [1.29, 1.82) is 0 Å². The van der Waals surface area contributed by atoms with E-state index in [1.54, 1.807) is 0 Å². The molecule has 0 rings (SSSR count). The molecule has 0 unspecified atom stereocenters. The van der Waals surface area contributed by atoms with Crippen molar-refractivity contribution in [3.63, 3.8) is 0 Å². The summed E-state index contributed by atoms with van der Waals surface area (Å²) in [4.78, 5) is 0. The van der Waals surface area contributed by atoms with Gasteiger partial charge in [-0.05, 0) is 0 Å². The quantitative estimate of drug-likeness (QED) is 0.306. The molecule has 0 aliphatic rings. The normalized spacial score (nSPS) is 0. The van der Waals surface area contributed by atoms with E-state index < -0.39 is 0 Å². The molecule has 0 saturated heterocycles. The van der Waals surface area contributed by atoms with Crippen LogP contribution in [-0.2, 0) is 0 Å². The molecule has 4 heavy (non-hydrogen) atoms. The second-order valence-electron chi connectivity index (χ2n) is 0. The molecule has 0 amide bonds. The third kappa shape index (κ3) is 9.41. The van der Waals surface area contributed by atoms with Crippen LogP contribution in [-0.4, -0.2) is 122 Å². The van der Waals surface area contributed by atoms with Crippen LogP contribution >= 0.6 is 0 Å². The zero-order chi connectivity index (χ0) is 0. The first-order valence-electron chi connectivity index (χ1n) is 0. The SMILES string of the molecule is [CaH2].[CaH2].[HH].[MgH2].[MgH2]. The van der Waals surface area contributed by atoms with E-state index in [-0.39, 0.29) is 123 Å². The fourth-order valence-corrected chi connectivity index (χ4v) is 0. The molecule has 0 aromatic heterocycles. The van der Waals surface area contributed by atoms with E-state index >= 15 is 0 Å². The van der Waals surface area contributed by atoms with E-state index in [4.69, 9.17) is 0 Å². The third-order valence-corrected chi connectivity index (χ3v) is 0. The van der Waals surface area contributed by atoms with E-state index in [0.29, 0.717) is 0 Å². The van der Waals surface area contributed by atoms with Crippen molar-refractivity contribution in [2.45, 2.75) is 0 Å². The minimum Gasteiger partial charge on any atom is 0 e. The average Bonchev–Trinajstić information content (AvgIpc) is 0. The van der Waals surface area contributed by atoms with Gasteiger partial charge in [0.2, 0.25) is 0 Å². The minimum atomic E-state index is 0. The molecule has 4 heteroatoms. The summed E-state index contributed by atoms with van der Waals surface area (Å²) in [6, 6.07) is 0. The van der Waals surface area contributed by atoms with Crippen molar-refractivity contribution in [2.75, 3.05) is 0 Å². The molecule has 0 spiro atoms. The maximum absolute atomic E-state index is 0. The van der Waals surface area contributed by atoms with Gasteiger partial charge in [-0.15, -0.1) is 0 Å². The van der Waals surface area contributed by atoms with Crippen LogP contribution in [0.1, 0.15) is 1.43 Å². The molecular formula is H10Ca2Mg2. The topological polar surface area (TPSA) is 0 Å². The van der Waals surface area contributed by atoms with E-state index in [9.17, 15) is 0 Å². The standard InChI is InChI=1S/2Ca.2Mg.H2.8H/h;;;;1H;;;;;;;;. The van der Waals surface area contributed by atoms with Gasteiger partial charge in [-0.2, -0.15) is 0 Å². The molecule has 0 heterocycles. The van der Waals surface area contributed by atoms with Crippen LogP contribution < -0.4 is 0 Å². The van der Waals surface area contributed by atoms with Crippen LogP contribution in [0.4, 0.5) is 0 Å². The number of rotatable bonds is 0. The summed E-state index contributed by atoms with van der Waals surface area (Å²) in [6.45, 7) is 0. The van der Waals surface area contributed by atoms with Crippen LogP contribution in [0.2, 0.25) is 0 Å². The molecule has 0 nitrogen and oxygen atoms in total. The van der Waals surface area contributed by atoms with Gasteiger partial charge in [0.25, 0.3) is 0 Å². The third-order valence-electron chi connectivity index (χ3n) is 0. The second-order valence-corrected chi connectivity index (χ2v) is 0. The van der Waals surface area contributed by atoms with E-state index in [1.807, 2.05) is 0 Å². The Balaban J connectivity index is 0. The largest absolute Gasteiger partial charge is 0.316 e. The molecule has 0 fully saturated rings. The number of hydrogen-bond acceptors (Lipinski definition) is 0. The summed E-state index contributed by atoms with van der Waals surface area (Å²) >= 11 is 0. The maximum Gasteiger partial charge on any atom is 0.316 e. The molecule has 0 N–H and O–H groups in total. The Morgan fingerprint density at radius 1 is 0.750 bits per heavy atom. The second kappa shape index (κ2) is 15.7. The fourth-order valence-electron chi connectivity index (χ4n) is 0. The molecule has 0 aromatic carbocycles. The van der Waals surface area contributed by atoms with Crippen LogP contribution in [0.25, 0.3) is 0 Å². The van der Waals surface area contributed by atoms with Crippen molar-refractivity contribution in [2.24, 2.45) is 0 Å². The Labute approximate surface area is 120 Å². The van der Waals surface area contributed by atoms with Crippen LogP contribution in [0.15, 0.2) is 0 Å². The van der Waals surface area contributed by atoms with Gasteiger partial charge in [0.1, 0.15) is 0 Å². The Bertz CT molecular complexity index is 7.61. The molecule has 0 aromatic rings. The van der Waals surface area contributed by atoms with Gasteiger partial charge >= 0.3 is 122 Å². The Morgan fingerprint density at radius 3 is 0.750 bits per heavy atom. The predicted octanol–water partition coefficient (Wildman–Crippen LogP) is -3.42. The predicted molar refractivity (Wildman–Crippen MR) is 36.3 cm³/mol. The monoisotopic (exact) mass is 138 g/mol. The summed E-state index contributed by atoms with van der Waals surface area (Å²) < 4.78 is 0. The summed E-state index contributed by atoms with van der Waals surface area (Å²) in [5.41, 5.74) is 0. The van der Waals surface area contributed by atoms with Gasteiger partial charge in [0.15, 0.2) is 0 Å². The smallest absolute Gasteiger partial charge is 0 e. The average molecular weight is 139 g/mol. The fraction of sp³-hybridized carbons (Fsp3) is 0. The Morgan fingerprint density at radius 2 is 0.750 bits per heavy atom. The molecule has 0 bridgehead atoms. The summed E-state index contributed by atoms with van der Waals surface area (Å²) in [7, 11) is 0. The molecular weight excluding hydrogens is 129 g/mol. The molecule has 18 valence electrons. The van der Waals surface area contributed by atoms with Gasteiger partial charge in [-0.25, -0.2) is 0 Å². The molecule has 0 aliphatic carbocycles. The number of hydrogen-bond donors (Lipinski definition) is 0.